The molecule has 1 unspecified atom stereocenters. The zero-order valence-electron chi connectivity index (χ0n) is 11.7. The average Bonchev–Trinajstić information content (AvgIpc) is 2.78. The van der Waals surface area contributed by atoms with E-state index < -0.39 is 10.0 Å². The second-order valence-corrected chi connectivity index (χ2v) is 7.93. The molecule has 0 spiro atoms. The quantitative estimate of drug-likeness (QED) is 0.880. The first-order chi connectivity index (χ1) is 9.98. The second-order valence-electron chi connectivity index (χ2n) is 5.59. The number of aromatic nitrogens is 1. The first-order valence-electron chi connectivity index (χ1n) is 7.14. The lowest BCUT2D eigenvalue weighted by atomic mass is 10.2. The molecule has 0 radical (unpaired) electrons. The van der Waals surface area contributed by atoms with Gasteiger partial charge in [-0.2, -0.15) is 4.31 Å². The van der Waals surface area contributed by atoms with Crippen LogP contribution in [0.1, 0.15) is 19.3 Å². The van der Waals surface area contributed by atoms with Crippen molar-refractivity contribution < 1.29 is 8.42 Å². The summed E-state index contributed by atoms with van der Waals surface area (Å²) < 4.78 is 27.1. The minimum Gasteiger partial charge on any atom is -0.382 e. The van der Waals surface area contributed by atoms with Crippen LogP contribution in [-0.4, -0.2) is 54.8 Å². The summed E-state index contributed by atoms with van der Waals surface area (Å²) in [5, 5.41) is 0.174. The molecule has 2 N–H and O–H groups in total. The number of sulfonamides is 1. The Morgan fingerprint density at radius 2 is 2.05 bits per heavy atom. The van der Waals surface area contributed by atoms with E-state index >= 15 is 0 Å². The van der Waals surface area contributed by atoms with Crippen LogP contribution in [0.15, 0.2) is 17.2 Å². The Balaban J connectivity index is 1.88. The molecule has 3 heterocycles. The molecule has 1 aromatic heterocycles. The maximum atomic E-state index is 12.8. The number of hydrogen-bond acceptors (Lipinski definition) is 5. The highest BCUT2D eigenvalue weighted by Crippen LogP contribution is 2.27. The summed E-state index contributed by atoms with van der Waals surface area (Å²) in [6, 6.07) is 1.72. The van der Waals surface area contributed by atoms with E-state index in [0.29, 0.717) is 19.1 Å². The van der Waals surface area contributed by atoms with Crippen LogP contribution in [0.25, 0.3) is 0 Å². The van der Waals surface area contributed by atoms with Crippen molar-refractivity contribution >= 4 is 27.4 Å². The molecule has 116 valence electrons. The van der Waals surface area contributed by atoms with Gasteiger partial charge in [0.2, 0.25) is 10.0 Å². The van der Waals surface area contributed by atoms with Crippen LogP contribution in [0.3, 0.4) is 0 Å². The van der Waals surface area contributed by atoms with Gasteiger partial charge in [-0.15, -0.1) is 0 Å². The third-order valence-electron chi connectivity index (χ3n) is 4.25. The van der Waals surface area contributed by atoms with Crippen LogP contribution in [0.4, 0.5) is 5.82 Å². The predicted molar refractivity (Wildman–Crippen MR) is 81.6 cm³/mol. The molecule has 0 saturated carbocycles. The molecule has 21 heavy (non-hydrogen) atoms. The molecule has 8 heteroatoms. The molecule has 1 atom stereocenters. The predicted octanol–water partition coefficient (Wildman–Crippen LogP) is 1.18. The highest BCUT2D eigenvalue weighted by Gasteiger charge is 2.34. The lowest BCUT2D eigenvalue weighted by molar-refractivity contribution is 0.257. The molecule has 1 aromatic rings. The number of nitrogens with two attached hydrogens (primary N) is 1. The molecule has 2 saturated heterocycles. The fourth-order valence-electron chi connectivity index (χ4n) is 3.11. The van der Waals surface area contributed by atoms with Crippen LogP contribution in [0.5, 0.6) is 0 Å². The lowest BCUT2D eigenvalue weighted by Gasteiger charge is -2.25. The summed E-state index contributed by atoms with van der Waals surface area (Å²) in [7, 11) is -3.56. The van der Waals surface area contributed by atoms with Crippen molar-refractivity contribution in [2.75, 3.05) is 31.9 Å². The Morgan fingerprint density at radius 3 is 2.81 bits per heavy atom. The maximum absolute atomic E-state index is 12.8. The van der Waals surface area contributed by atoms with E-state index in [1.54, 1.807) is 4.31 Å². The number of rotatable bonds is 2. The van der Waals surface area contributed by atoms with E-state index in [2.05, 4.69) is 9.88 Å². The first-order valence-corrected chi connectivity index (χ1v) is 8.95. The van der Waals surface area contributed by atoms with Gasteiger partial charge in [-0.05, 0) is 38.4 Å². The summed E-state index contributed by atoms with van der Waals surface area (Å²) in [6.45, 7) is 3.13. The standard InChI is InChI=1S/C13H19ClN4O2S/c14-12-7-11(8-16-13(12)15)21(19,20)18-6-2-5-17-4-1-3-10(17)9-18/h7-8,10H,1-6,9H2,(H2,15,16). The summed E-state index contributed by atoms with van der Waals surface area (Å²) in [6.07, 6.45) is 4.35. The SMILES string of the molecule is Nc1ncc(S(=O)(=O)N2CCCN3CCCC3C2)cc1Cl. The maximum Gasteiger partial charge on any atom is 0.244 e. The summed E-state index contributed by atoms with van der Waals surface area (Å²) in [5.74, 6) is 0.147. The van der Waals surface area contributed by atoms with Gasteiger partial charge in [-0.3, -0.25) is 4.90 Å². The fourth-order valence-corrected chi connectivity index (χ4v) is 4.83. The van der Waals surface area contributed by atoms with Crippen molar-refractivity contribution in [3.8, 4) is 0 Å². The van der Waals surface area contributed by atoms with Gasteiger partial charge in [-0.25, -0.2) is 13.4 Å². The molecule has 0 bridgehead atoms. The van der Waals surface area contributed by atoms with Gasteiger partial charge in [0.15, 0.2) is 0 Å². The van der Waals surface area contributed by atoms with Gasteiger partial charge in [0, 0.05) is 25.3 Å². The van der Waals surface area contributed by atoms with Gasteiger partial charge in [0.1, 0.15) is 10.7 Å². The van der Waals surface area contributed by atoms with E-state index in [4.69, 9.17) is 17.3 Å². The average molecular weight is 331 g/mol. The zero-order chi connectivity index (χ0) is 15.0. The molecule has 2 fully saturated rings. The van der Waals surface area contributed by atoms with Crippen LogP contribution in [0, 0.1) is 0 Å². The molecule has 3 rings (SSSR count). The lowest BCUT2D eigenvalue weighted by Crippen LogP contribution is -2.39. The zero-order valence-corrected chi connectivity index (χ0v) is 13.3. The van der Waals surface area contributed by atoms with Crippen LogP contribution < -0.4 is 5.73 Å². The Kier molecular flexibility index (Phi) is 4.09. The normalized spacial score (nSPS) is 24.7. The number of pyridine rings is 1. The highest BCUT2D eigenvalue weighted by atomic mass is 35.5. The fraction of sp³-hybridized carbons (Fsp3) is 0.615. The molecule has 6 nitrogen and oxygen atoms in total. The third-order valence-corrected chi connectivity index (χ3v) is 6.38. The Morgan fingerprint density at radius 1 is 1.29 bits per heavy atom. The number of hydrogen-bond donors (Lipinski definition) is 1. The van der Waals surface area contributed by atoms with Gasteiger partial charge < -0.3 is 5.73 Å². The van der Waals surface area contributed by atoms with E-state index in [-0.39, 0.29) is 15.7 Å². The van der Waals surface area contributed by atoms with Gasteiger partial charge >= 0.3 is 0 Å². The second kappa shape index (κ2) is 5.72. The molecular weight excluding hydrogens is 312 g/mol. The van der Waals surface area contributed by atoms with Crippen molar-refractivity contribution in [3.05, 3.63) is 17.3 Å². The van der Waals surface area contributed by atoms with Crippen molar-refractivity contribution in [2.45, 2.75) is 30.2 Å². The van der Waals surface area contributed by atoms with Crippen molar-refractivity contribution in [3.63, 3.8) is 0 Å². The first kappa shape index (κ1) is 15.0. The summed E-state index contributed by atoms with van der Waals surface area (Å²) in [5.41, 5.74) is 5.55. The molecular formula is C13H19ClN4O2S. The van der Waals surface area contributed by atoms with Crippen molar-refractivity contribution in [2.24, 2.45) is 0 Å². The summed E-state index contributed by atoms with van der Waals surface area (Å²) >= 11 is 5.90. The van der Waals surface area contributed by atoms with Crippen LogP contribution >= 0.6 is 11.6 Å². The summed E-state index contributed by atoms with van der Waals surface area (Å²) in [4.78, 5) is 6.37. The molecule has 0 amide bonds. The third kappa shape index (κ3) is 2.88. The number of nitrogen functional groups attached to an aromatic ring is 1. The molecule has 2 aliphatic heterocycles. The minimum absolute atomic E-state index is 0.119. The van der Waals surface area contributed by atoms with Crippen molar-refractivity contribution in [1.82, 2.24) is 14.2 Å². The van der Waals surface area contributed by atoms with Crippen LogP contribution in [-0.2, 0) is 10.0 Å². The highest BCUT2D eigenvalue weighted by molar-refractivity contribution is 7.89. The van der Waals surface area contributed by atoms with Crippen molar-refractivity contribution in [1.29, 1.82) is 0 Å². The topological polar surface area (TPSA) is 79.5 Å². The molecule has 0 aromatic carbocycles. The Hall–Kier alpha value is -0.890. The van der Waals surface area contributed by atoms with Gasteiger partial charge in [0.25, 0.3) is 0 Å². The molecule has 2 aliphatic rings. The number of anilines is 1. The van der Waals surface area contributed by atoms with Crippen LogP contribution in [0.2, 0.25) is 5.02 Å². The smallest absolute Gasteiger partial charge is 0.244 e. The van der Waals surface area contributed by atoms with E-state index in [0.717, 1.165) is 32.4 Å². The van der Waals surface area contributed by atoms with Gasteiger partial charge in [-0.1, -0.05) is 11.6 Å². The van der Waals surface area contributed by atoms with E-state index in [1.807, 2.05) is 0 Å². The minimum atomic E-state index is -3.56. The Labute approximate surface area is 129 Å². The Bertz CT molecular complexity index is 637. The monoisotopic (exact) mass is 330 g/mol. The number of halogens is 1. The van der Waals surface area contributed by atoms with E-state index in [1.165, 1.54) is 12.3 Å². The van der Waals surface area contributed by atoms with E-state index in [9.17, 15) is 8.42 Å². The number of nitrogens with zero attached hydrogens (tertiary/aromatic N) is 3. The number of fused-ring (bicyclic) bond motifs is 1. The molecule has 0 aliphatic carbocycles. The largest absolute Gasteiger partial charge is 0.382 e. The van der Waals surface area contributed by atoms with Gasteiger partial charge in [0.05, 0.1) is 5.02 Å².